The summed E-state index contributed by atoms with van der Waals surface area (Å²) in [4.78, 5) is 23.4. The van der Waals surface area contributed by atoms with E-state index in [4.69, 9.17) is 16.4 Å². The molecule has 3 heterocycles. The molecule has 2 saturated heterocycles. The summed E-state index contributed by atoms with van der Waals surface area (Å²) in [6.07, 6.45) is 0.574. The van der Waals surface area contributed by atoms with Crippen LogP contribution in [0.3, 0.4) is 0 Å². The van der Waals surface area contributed by atoms with E-state index in [1.165, 1.54) is 27.6 Å². The van der Waals surface area contributed by atoms with Gasteiger partial charge >= 0.3 is 6.09 Å². The molecule has 2 aliphatic rings. The van der Waals surface area contributed by atoms with Gasteiger partial charge in [0.1, 0.15) is 0 Å². The Labute approximate surface area is 203 Å². The minimum absolute atomic E-state index is 0.364. The topological polar surface area (TPSA) is 119 Å². The molecule has 1 aromatic carbocycles. The minimum Gasteiger partial charge on any atom is -0.492 e. The fourth-order valence-corrected chi connectivity index (χ4v) is 5.18. The quantitative estimate of drug-likeness (QED) is 0.608. The maximum Gasteiger partial charge on any atom is 0.434 e. The van der Waals surface area contributed by atoms with Gasteiger partial charge in [-0.3, -0.25) is 4.90 Å². The molecule has 2 aromatic rings. The van der Waals surface area contributed by atoms with Gasteiger partial charge in [0, 0.05) is 81.7 Å². The van der Waals surface area contributed by atoms with Crippen LogP contribution in [0, 0.1) is 0 Å². The summed E-state index contributed by atoms with van der Waals surface area (Å²) in [6, 6.07) is 8.20. The van der Waals surface area contributed by atoms with Crippen molar-refractivity contribution in [3.63, 3.8) is 0 Å². The van der Waals surface area contributed by atoms with Crippen LogP contribution in [0.25, 0.3) is 0 Å². The van der Waals surface area contributed by atoms with Gasteiger partial charge in [0.2, 0.25) is 21.8 Å². The van der Waals surface area contributed by atoms with Crippen LogP contribution in [0.15, 0.2) is 30.3 Å². The molecule has 34 heavy (non-hydrogen) atoms. The summed E-state index contributed by atoms with van der Waals surface area (Å²) in [7, 11) is -3.21. The zero-order valence-electron chi connectivity index (χ0n) is 18.8. The van der Waals surface area contributed by atoms with Crippen molar-refractivity contribution >= 4 is 33.4 Å². The number of sulfonamides is 1. The second-order valence-corrected chi connectivity index (χ2v) is 10.8. The van der Waals surface area contributed by atoms with Gasteiger partial charge in [0.05, 0.1) is 6.26 Å². The van der Waals surface area contributed by atoms with Crippen LogP contribution < -0.4 is 9.74 Å². The number of benzene rings is 1. The molecule has 0 atom stereocenters. The summed E-state index contributed by atoms with van der Waals surface area (Å²) in [5.74, 6) is -0.728. The molecule has 13 heteroatoms. The van der Waals surface area contributed by atoms with Crippen LogP contribution in [-0.4, -0.2) is 102 Å². The molecule has 2 N–H and O–H groups in total. The summed E-state index contributed by atoms with van der Waals surface area (Å²) in [6.45, 7) is 4.76. The molecular formula is C21H28ClN5O6S. The molecule has 2 fully saturated rings. The molecule has 11 nitrogen and oxygen atoms in total. The fraction of sp³-hybridized carbons (Fsp3) is 0.476. The highest BCUT2D eigenvalue weighted by Gasteiger charge is 2.27. The number of hydrogen-bond acceptors (Lipinski definition) is 8. The average molecular weight is 514 g/mol. The van der Waals surface area contributed by atoms with E-state index in [2.05, 4.69) is 9.80 Å². The third kappa shape index (κ3) is 5.52. The molecule has 1 amide bonds. The Morgan fingerprint density at radius 3 is 2.18 bits per heavy atom. The summed E-state index contributed by atoms with van der Waals surface area (Å²) >= 11 is 6.27. The largest absolute Gasteiger partial charge is 0.492 e. The fourth-order valence-electron chi connectivity index (χ4n) is 4.19. The monoisotopic (exact) mass is 513 g/mol. The summed E-state index contributed by atoms with van der Waals surface area (Å²) in [5, 5.41) is 19.9. The van der Waals surface area contributed by atoms with E-state index in [9.17, 15) is 23.4 Å². The highest BCUT2D eigenvalue weighted by Crippen LogP contribution is 2.28. The first-order valence-electron chi connectivity index (χ1n) is 10.9. The van der Waals surface area contributed by atoms with Gasteiger partial charge in [0.25, 0.3) is 0 Å². The maximum atomic E-state index is 12.4. The highest BCUT2D eigenvalue weighted by atomic mass is 35.5. The van der Waals surface area contributed by atoms with Crippen molar-refractivity contribution in [2.24, 2.45) is 0 Å². The number of carbonyl (C=O) groups excluding carboxylic acids is 1. The van der Waals surface area contributed by atoms with Gasteiger partial charge in [-0.2, -0.15) is 4.31 Å². The highest BCUT2D eigenvalue weighted by molar-refractivity contribution is 7.88. The zero-order chi connectivity index (χ0) is 24.5. The number of halogens is 1. The van der Waals surface area contributed by atoms with Crippen molar-refractivity contribution in [1.29, 1.82) is 0 Å². The van der Waals surface area contributed by atoms with E-state index in [1.54, 1.807) is 0 Å². The second-order valence-electron chi connectivity index (χ2n) is 8.39. The summed E-state index contributed by atoms with van der Waals surface area (Å²) < 4.78 is 25.8. The number of aromatic nitrogens is 1. The Hall–Kier alpha value is -2.67. The van der Waals surface area contributed by atoms with Crippen LogP contribution in [0.2, 0.25) is 5.02 Å². The number of piperazine rings is 2. The molecule has 0 bridgehead atoms. The Bertz CT molecular complexity index is 1120. The lowest BCUT2D eigenvalue weighted by Gasteiger charge is -2.37. The van der Waals surface area contributed by atoms with Gasteiger partial charge in [-0.25, -0.2) is 13.2 Å². The molecule has 4 rings (SSSR count). The smallest absolute Gasteiger partial charge is 0.434 e. The van der Waals surface area contributed by atoms with Crippen molar-refractivity contribution in [2.45, 2.75) is 6.54 Å². The van der Waals surface area contributed by atoms with E-state index in [1.807, 2.05) is 18.2 Å². The molecule has 0 saturated carbocycles. The predicted octanol–water partition coefficient (Wildman–Crippen LogP) is 1.00. The predicted molar refractivity (Wildman–Crippen MR) is 127 cm³/mol. The molecule has 186 valence electrons. The van der Waals surface area contributed by atoms with Crippen LogP contribution in [0.5, 0.6) is 11.8 Å². The number of aromatic hydroxyl groups is 2. The van der Waals surface area contributed by atoms with E-state index in [-0.39, 0.29) is 11.8 Å². The zero-order valence-corrected chi connectivity index (χ0v) is 20.4. The van der Waals surface area contributed by atoms with Crippen LogP contribution >= 0.6 is 11.6 Å². The van der Waals surface area contributed by atoms with Crippen LogP contribution in [-0.2, 0) is 16.6 Å². The molecule has 2 aliphatic heterocycles. The number of rotatable bonds is 5. The molecule has 0 spiro atoms. The first-order chi connectivity index (χ1) is 16.1. The first kappa shape index (κ1) is 24.5. The van der Waals surface area contributed by atoms with Crippen molar-refractivity contribution in [1.82, 2.24) is 18.8 Å². The average Bonchev–Trinajstić information content (AvgIpc) is 3.12. The summed E-state index contributed by atoms with van der Waals surface area (Å²) in [5.41, 5.74) is 2.07. The molecule has 0 radical (unpaired) electrons. The number of anilines is 1. The Morgan fingerprint density at radius 2 is 1.59 bits per heavy atom. The standard InChI is InChI=1S/C21H28ClN5O6S/c1-34(31,32)26-12-10-24(11-13-26)18-14-17(22)3-2-16(18)15-23-6-8-25(9-7-23)21(30)33-27-19(28)4-5-20(27)29/h2-5,14,28-29H,6-13,15H2,1H3. The van der Waals surface area contributed by atoms with Gasteiger partial charge < -0.3 is 24.9 Å². The molecular weight excluding hydrogens is 486 g/mol. The Morgan fingerprint density at radius 1 is 0.971 bits per heavy atom. The van der Waals surface area contributed by atoms with Crippen molar-refractivity contribution in [3.05, 3.63) is 40.9 Å². The van der Waals surface area contributed by atoms with Gasteiger partial charge in [-0.05, 0) is 17.7 Å². The third-order valence-corrected chi connectivity index (χ3v) is 7.63. The maximum absolute atomic E-state index is 12.4. The van der Waals surface area contributed by atoms with Crippen molar-refractivity contribution in [3.8, 4) is 11.8 Å². The van der Waals surface area contributed by atoms with E-state index >= 15 is 0 Å². The number of amides is 1. The van der Waals surface area contributed by atoms with Gasteiger partial charge in [-0.15, -0.1) is 4.73 Å². The number of carbonyl (C=O) groups is 1. The normalized spacial score (nSPS) is 18.3. The molecule has 0 aliphatic carbocycles. The minimum atomic E-state index is -3.21. The van der Waals surface area contributed by atoms with Crippen molar-refractivity contribution < 1.29 is 28.3 Å². The van der Waals surface area contributed by atoms with Gasteiger partial charge in [-0.1, -0.05) is 17.7 Å². The lowest BCUT2D eigenvalue weighted by atomic mass is 10.1. The van der Waals surface area contributed by atoms with Crippen LogP contribution in [0.1, 0.15) is 5.56 Å². The van der Waals surface area contributed by atoms with Crippen LogP contribution in [0.4, 0.5) is 10.5 Å². The van der Waals surface area contributed by atoms with E-state index < -0.39 is 16.1 Å². The first-order valence-corrected chi connectivity index (χ1v) is 13.1. The SMILES string of the molecule is CS(=O)(=O)N1CCN(c2cc(Cl)ccc2CN2CCN(C(=O)On3c(O)ccc3O)CC2)CC1. The number of hydrogen-bond donors (Lipinski definition) is 2. The Kier molecular flexibility index (Phi) is 7.12. The van der Waals surface area contributed by atoms with Crippen molar-refractivity contribution in [2.75, 3.05) is 63.5 Å². The molecule has 0 unspecified atom stereocenters. The second kappa shape index (κ2) is 9.90. The number of nitrogens with zero attached hydrogens (tertiary/aromatic N) is 5. The van der Waals surface area contributed by atoms with E-state index in [0.29, 0.717) is 68.7 Å². The Balaban J connectivity index is 1.36. The van der Waals surface area contributed by atoms with E-state index in [0.717, 1.165) is 11.3 Å². The lowest BCUT2D eigenvalue weighted by Crippen LogP contribution is -2.50. The van der Waals surface area contributed by atoms with Gasteiger partial charge in [0.15, 0.2) is 0 Å². The molecule has 1 aromatic heterocycles. The lowest BCUT2D eigenvalue weighted by molar-refractivity contribution is 0.0555. The third-order valence-electron chi connectivity index (χ3n) is 6.09.